The van der Waals surface area contributed by atoms with Crippen LogP contribution in [0.25, 0.3) is 33.3 Å². The smallest absolute Gasteiger partial charge is 0.413 e. The van der Waals surface area contributed by atoms with Gasteiger partial charge in [0.1, 0.15) is 28.8 Å². The maximum Gasteiger partial charge on any atom is 0.413 e. The quantitative estimate of drug-likeness (QED) is 0.298. The van der Waals surface area contributed by atoms with Crippen molar-refractivity contribution in [1.29, 1.82) is 5.26 Å². The Bertz CT molecular complexity index is 1800. The van der Waals surface area contributed by atoms with E-state index in [0.717, 1.165) is 12.8 Å². The molecule has 0 bridgehead atoms. The first kappa shape index (κ1) is 28.0. The number of halogens is 2. The van der Waals surface area contributed by atoms with Crippen LogP contribution in [0.1, 0.15) is 44.9 Å². The SMILES string of the molecule is Cn1ncc(-c2cc3c(CO)n[nH]c(=O)c3c(NC(=O)OC(C)(C)C)n2)c1-c1c(F)c(Cl)cc(OC2CC2)c1C#N. The fraction of sp³-hybridized carbons (Fsp3) is 0.333. The highest BCUT2D eigenvalue weighted by atomic mass is 35.5. The number of carbonyl (C=O) groups is 1. The van der Waals surface area contributed by atoms with Crippen LogP contribution in [0.2, 0.25) is 5.02 Å². The van der Waals surface area contributed by atoms with E-state index in [9.17, 15) is 20.0 Å². The Labute approximate surface area is 237 Å². The lowest BCUT2D eigenvalue weighted by molar-refractivity contribution is 0.0635. The zero-order chi connectivity index (χ0) is 29.6. The van der Waals surface area contributed by atoms with E-state index in [1.807, 2.05) is 6.07 Å². The van der Waals surface area contributed by atoms with Crippen LogP contribution in [0.15, 0.2) is 23.1 Å². The van der Waals surface area contributed by atoms with E-state index < -0.39 is 29.7 Å². The molecular weight excluding hydrogens is 557 g/mol. The molecule has 0 spiro atoms. The molecule has 12 nitrogen and oxygen atoms in total. The molecule has 0 aliphatic heterocycles. The first-order valence-electron chi connectivity index (χ1n) is 12.6. The number of rotatable bonds is 6. The standard InChI is InChI=1S/C27H25ClFN7O5/c1-27(2,3)41-26(39)33-24-21-13(18(11-37)34-35-25(21)38)7-17(32-24)15-10-31-36(4)23(15)20-14(9-30)19(40-12-5-6-12)8-16(28)22(20)29/h7-8,10,12,37H,5-6,11H2,1-4H3,(H,35,38)(H,32,33,39). The number of aromatic nitrogens is 5. The molecule has 1 aliphatic rings. The van der Waals surface area contributed by atoms with Crippen molar-refractivity contribution in [3.8, 4) is 34.3 Å². The van der Waals surface area contributed by atoms with Gasteiger partial charge in [0.15, 0.2) is 5.82 Å². The fourth-order valence-electron chi connectivity index (χ4n) is 4.30. The van der Waals surface area contributed by atoms with Crippen molar-refractivity contribution < 1.29 is 23.8 Å². The third-order valence-electron chi connectivity index (χ3n) is 6.18. The number of aromatic amines is 1. The van der Waals surface area contributed by atoms with E-state index in [4.69, 9.17) is 21.1 Å². The van der Waals surface area contributed by atoms with Crippen molar-refractivity contribution in [3.05, 3.63) is 50.8 Å². The first-order valence-corrected chi connectivity index (χ1v) is 12.9. The van der Waals surface area contributed by atoms with Crippen molar-refractivity contribution >= 4 is 34.3 Å². The number of H-pyrrole nitrogens is 1. The molecule has 14 heteroatoms. The van der Waals surface area contributed by atoms with Crippen molar-refractivity contribution in [2.24, 2.45) is 7.05 Å². The summed E-state index contributed by atoms with van der Waals surface area (Å²) in [6, 6.07) is 4.76. The number of amides is 1. The van der Waals surface area contributed by atoms with Crippen molar-refractivity contribution in [3.63, 3.8) is 0 Å². The van der Waals surface area contributed by atoms with E-state index in [1.54, 1.807) is 27.8 Å². The second-order valence-corrected chi connectivity index (χ2v) is 10.9. The molecule has 3 N–H and O–H groups in total. The molecule has 212 valence electrons. The predicted octanol–water partition coefficient (Wildman–Crippen LogP) is 4.43. The normalized spacial score (nSPS) is 13.2. The van der Waals surface area contributed by atoms with Crippen LogP contribution < -0.4 is 15.6 Å². The molecule has 0 atom stereocenters. The van der Waals surface area contributed by atoms with E-state index in [2.05, 4.69) is 25.6 Å². The van der Waals surface area contributed by atoms with Gasteiger partial charge in [0.2, 0.25) is 0 Å². The Morgan fingerprint density at radius 2 is 2.10 bits per heavy atom. The van der Waals surface area contributed by atoms with Crippen LogP contribution in [-0.4, -0.2) is 47.9 Å². The van der Waals surface area contributed by atoms with Crippen LogP contribution in [0.5, 0.6) is 5.75 Å². The molecule has 1 fully saturated rings. The zero-order valence-electron chi connectivity index (χ0n) is 22.5. The molecule has 1 amide bonds. The summed E-state index contributed by atoms with van der Waals surface area (Å²) in [6.07, 6.45) is 2.03. The maximum atomic E-state index is 15.7. The third-order valence-corrected chi connectivity index (χ3v) is 6.46. The number of ether oxygens (including phenoxy) is 2. The molecule has 4 aromatic rings. The van der Waals surface area contributed by atoms with Gasteiger partial charge in [0.25, 0.3) is 5.56 Å². The highest BCUT2D eigenvalue weighted by molar-refractivity contribution is 6.31. The monoisotopic (exact) mass is 581 g/mol. The average Bonchev–Trinajstić information content (AvgIpc) is 3.63. The fourth-order valence-corrected chi connectivity index (χ4v) is 4.50. The van der Waals surface area contributed by atoms with Gasteiger partial charge < -0.3 is 14.6 Å². The van der Waals surface area contributed by atoms with Gasteiger partial charge in [0.05, 0.1) is 52.0 Å². The van der Waals surface area contributed by atoms with E-state index in [1.165, 1.54) is 23.0 Å². The summed E-state index contributed by atoms with van der Waals surface area (Å²) >= 11 is 6.24. The first-order chi connectivity index (χ1) is 19.4. The predicted molar refractivity (Wildman–Crippen MR) is 147 cm³/mol. The van der Waals surface area contributed by atoms with Gasteiger partial charge in [0, 0.05) is 24.1 Å². The maximum absolute atomic E-state index is 15.7. The molecular formula is C27H25ClFN7O5. The minimum atomic E-state index is -0.883. The Hall–Kier alpha value is -4.54. The lowest BCUT2D eigenvalue weighted by atomic mass is 9.98. The van der Waals surface area contributed by atoms with Gasteiger partial charge in [-0.15, -0.1) is 0 Å². The highest BCUT2D eigenvalue weighted by Gasteiger charge is 2.30. The number of carbonyl (C=O) groups excluding carboxylic acids is 1. The number of nitriles is 1. The number of aryl methyl sites for hydroxylation is 1. The van der Waals surface area contributed by atoms with Gasteiger partial charge in [-0.25, -0.2) is 19.3 Å². The van der Waals surface area contributed by atoms with Crippen molar-refractivity contribution in [2.75, 3.05) is 5.32 Å². The molecule has 41 heavy (non-hydrogen) atoms. The summed E-state index contributed by atoms with van der Waals surface area (Å²) in [5.74, 6) is -0.913. The number of nitrogens with zero attached hydrogens (tertiary/aromatic N) is 5. The second-order valence-electron chi connectivity index (χ2n) is 10.4. The lowest BCUT2D eigenvalue weighted by Crippen LogP contribution is -2.28. The Balaban J connectivity index is 1.76. The van der Waals surface area contributed by atoms with Crippen molar-refractivity contribution in [1.82, 2.24) is 25.0 Å². The van der Waals surface area contributed by atoms with Gasteiger partial charge >= 0.3 is 6.09 Å². The van der Waals surface area contributed by atoms with E-state index >= 15 is 4.39 Å². The number of fused-ring (bicyclic) bond motifs is 1. The molecule has 3 aromatic heterocycles. The minimum Gasteiger partial charge on any atom is -0.489 e. The number of nitrogens with one attached hydrogen (secondary N) is 2. The van der Waals surface area contributed by atoms with Gasteiger partial charge in [-0.05, 0) is 39.7 Å². The van der Waals surface area contributed by atoms with Gasteiger partial charge in [-0.3, -0.25) is 14.8 Å². The Morgan fingerprint density at radius 3 is 2.73 bits per heavy atom. The third kappa shape index (κ3) is 5.44. The topological polar surface area (TPSA) is 168 Å². The summed E-state index contributed by atoms with van der Waals surface area (Å²) in [6.45, 7) is 4.46. The number of hydrogen-bond donors (Lipinski definition) is 3. The number of aliphatic hydroxyl groups is 1. The molecule has 1 aromatic carbocycles. The Morgan fingerprint density at radius 1 is 1.37 bits per heavy atom. The second kappa shape index (κ2) is 10.5. The molecule has 5 rings (SSSR count). The molecule has 3 heterocycles. The zero-order valence-corrected chi connectivity index (χ0v) is 23.3. The summed E-state index contributed by atoms with van der Waals surface area (Å²) in [5.41, 5.74) is -1.17. The summed E-state index contributed by atoms with van der Waals surface area (Å²) in [7, 11) is 1.55. The van der Waals surface area contributed by atoms with E-state index in [0.29, 0.717) is 0 Å². The number of anilines is 1. The molecule has 1 aliphatic carbocycles. The number of aliphatic hydroxyl groups excluding tert-OH is 1. The molecule has 0 radical (unpaired) electrons. The van der Waals surface area contributed by atoms with Crippen LogP contribution in [0, 0.1) is 17.1 Å². The number of pyridine rings is 1. The average molecular weight is 582 g/mol. The summed E-state index contributed by atoms with van der Waals surface area (Å²) < 4.78 is 28.2. The molecule has 0 unspecified atom stereocenters. The molecule has 0 saturated heterocycles. The van der Waals surface area contributed by atoms with Crippen LogP contribution >= 0.6 is 11.6 Å². The van der Waals surface area contributed by atoms with Crippen LogP contribution in [0.4, 0.5) is 15.0 Å². The van der Waals surface area contributed by atoms with Crippen LogP contribution in [0.3, 0.4) is 0 Å². The van der Waals surface area contributed by atoms with Gasteiger partial charge in [-0.1, -0.05) is 11.6 Å². The largest absolute Gasteiger partial charge is 0.489 e. The van der Waals surface area contributed by atoms with Crippen LogP contribution in [-0.2, 0) is 18.4 Å². The highest BCUT2D eigenvalue weighted by Crippen LogP contribution is 2.43. The number of hydrogen-bond acceptors (Lipinski definition) is 9. The molecule has 1 saturated carbocycles. The minimum absolute atomic E-state index is 0.0594. The lowest BCUT2D eigenvalue weighted by Gasteiger charge is -2.20. The summed E-state index contributed by atoms with van der Waals surface area (Å²) in [4.78, 5) is 30.0. The Kier molecular flexibility index (Phi) is 7.14. The number of benzene rings is 1. The van der Waals surface area contributed by atoms with E-state index in [-0.39, 0.29) is 67.2 Å². The summed E-state index contributed by atoms with van der Waals surface area (Å²) in [5, 5.41) is 32.8. The van der Waals surface area contributed by atoms with Crippen molar-refractivity contribution in [2.45, 2.75) is 51.9 Å². The van der Waals surface area contributed by atoms with Gasteiger partial charge in [-0.2, -0.15) is 15.5 Å².